The fraction of sp³-hybridized carbons (Fsp3) is 0.571. The van der Waals surface area contributed by atoms with Crippen LogP contribution >= 0.6 is 23.5 Å². The van der Waals surface area contributed by atoms with Crippen LogP contribution in [0.15, 0.2) is 41.3 Å². The van der Waals surface area contributed by atoms with E-state index < -0.39 is 5.54 Å². The Labute approximate surface area is 168 Å². The molecule has 1 aromatic rings. The van der Waals surface area contributed by atoms with Gasteiger partial charge in [-0.25, -0.2) is 4.72 Å². The summed E-state index contributed by atoms with van der Waals surface area (Å²) in [5.41, 5.74) is 0.907. The lowest BCUT2D eigenvalue weighted by molar-refractivity contribution is -0.111. The van der Waals surface area contributed by atoms with Gasteiger partial charge in [0.05, 0.1) is 10.6 Å². The maximum atomic E-state index is 10.6. The molecule has 1 aliphatic carbocycles. The predicted molar refractivity (Wildman–Crippen MR) is 115 cm³/mol. The SMILES string of the molecule is C=C1CC(C)CC(C(C)NC)C1.CC(C)(C=O)NSc1ccccc1Cl. The first kappa shape index (κ1) is 23.2. The molecule has 2 rings (SSSR count). The van der Waals surface area contributed by atoms with Crippen LogP contribution in [0, 0.1) is 11.8 Å². The number of carbonyl (C=O) groups is 1. The number of halogens is 1. The molecule has 3 unspecified atom stereocenters. The standard InChI is InChI=1S/C11H21N.C10H12ClNOS/c1-8-5-9(2)7-11(6-8)10(3)12-4;1-10(2,7-13)12-14-9-6-4-3-5-8(9)11/h9-12H,1,5-7H2,2-4H3;3-7,12H,1-2H3. The van der Waals surface area contributed by atoms with Crippen LogP contribution in [0.3, 0.4) is 0 Å². The Hall–Kier alpha value is -0.810. The average Bonchev–Trinajstić information content (AvgIpc) is 2.60. The Morgan fingerprint density at radius 2 is 2.00 bits per heavy atom. The van der Waals surface area contributed by atoms with Crippen molar-refractivity contribution < 1.29 is 4.79 Å². The Kier molecular flexibility index (Phi) is 9.94. The zero-order chi connectivity index (χ0) is 19.7. The van der Waals surface area contributed by atoms with Crippen LogP contribution in [0.4, 0.5) is 0 Å². The largest absolute Gasteiger partial charge is 0.317 e. The molecule has 0 radical (unpaired) electrons. The van der Waals surface area contributed by atoms with Crippen molar-refractivity contribution >= 4 is 29.8 Å². The van der Waals surface area contributed by atoms with Crippen LogP contribution in [-0.4, -0.2) is 24.9 Å². The second-order valence-corrected chi connectivity index (χ2v) is 9.07. The van der Waals surface area contributed by atoms with Crippen LogP contribution in [0.25, 0.3) is 0 Å². The molecule has 5 heteroatoms. The highest BCUT2D eigenvalue weighted by Gasteiger charge is 2.24. The molecule has 0 aliphatic heterocycles. The number of hydrogen-bond donors (Lipinski definition) is 2. The maximum Gasteiger partial charge on any atom is 0.140 e. The normalized spacial score (nSPS) is 21.5. The van der Waals surface area contributed by atoms with Gasteiger partial charge in [0.1, 0.15) is 6.29 Å². The van der Waals surface area contributed by atoms with Crippen molar-refractivity contribution in [2.24, 2.45) is 11.8 Å². The summed E-state index contributed by atoms with van der Waals surface area (Å²) in [5.74, 6) is 1.65. The first-order chi connectivity index (χ1) is 12.2. The molecule has 0 aromatic heterocycles. The monoisotopic (exact) mass is 396 g/mol. The minimum atomic E-state index is -0.538. The van der Waals surface area contributed by atoms with E-state index in [4.69, 9.17) is 11.6 Å². The van der Waals surface area contributed by atoms with Gasteiger partial charge in [-0.05, 0) is 83.0 Å². The number of nitrogens with one attached hydrogen (secondary N) is 2. The molecule has 1 saturated carbocycles. The maximum absolute atomic E-state index is 10.6. The third-order valence-corrected chi connectivity index (χ3v) is 6.26. The molecule has 0 spiro atoms. The molecule has 3 atom stereocenters. The highest BCUT2D eigenvalue weighted by molar-refractivity contribution is 7.97. The third-order valence-electron chi connectivity index (χ3n) is 4.61. The van der Waals surface area contributed by atoms with Crippen molar-refractivity contribution in [1.82, 2.24) is 10.0 Å². The molecule has 3 nitrogen and oxygen atoms in total. The molecule has 1 fully saturated rings. The lowest BCUT2D eigenvalue weighted by atomic mass is 9.77. The Morgan fingerprint density at radius 1 is 1.35 bits per heavy atom. The van der Waals surface area contributed by atoms with Gasteiger partial charge >= 0.3 is 0 Å². The number of allylic oxidation sites excluding steroid dienone is 1. The first-order valence-corrected chi connectivity index (χ1v) is 10.4. The van der Waals surface area contributed by atoms with Crippen LogP contribution < -0.4 is 10.0 Å². The Morgan fingerprint density at radius 3 is 2.54 bits per heavy atom. The number of rotatable bonds is 6. The molecule has 1 aliphatic rings. The van der Waals surface area contributed by atoms with Gasteiger partial charge in [0, 0.05) is 10.9 Å². The van der Waals surface area contributed by atoms with Crippen molar-refractivity contribution in [3.05, 3.63) is 41.4 Å². The minimum Gasteiger partial charge on any atom is -0.317 e. The van der Waals surface area contributed by atoms with E-state index >= 15 is 0 Å². The van der Waals surface area contributed by atoms with Crippen LogP contribution in [-0.2, 0) is 4.79 Å². The van der Waals surface area contributed by atoms with E-state index in [0.29, 0.717) is 11.1 Å². The summed E-state index contributed by atoms with van der Waals surface area (Å²) < 4.78 is 3.03. The van der Waals surface area contributed by atoms with Crippen molar-refractivity contribution in [3.63, 3.8) is 0 Å². The molecule has 1 aromatic carbocycles. The zero-order valence-corrected chi connectivity index (χ0v) is 18.2. The van der Waals surface area contributed by atoms with E-state index in [1.165, 1.54) is 36.8 Å². The van der Waals surface area contributed by atoms with Gasteiger partial charge in [0.2, 0.25) is 0 Å². The lowest BCUT2D eigenvalue weighted by Crippen LogP contribution is -2.35. The summed E-state index contributed by atoms with van der Waals surface area (Å²) in [5, 5.41) is 4.02. The zero-order valence-electron chi connectivity index (χ0n) is 16.6. The summed E-state index contributed by atoms with van der Waals surface area (Å²) in [6.45, 7) is 12.3. The molecular weight excluding hydrogens is 364 g/mol. The first-order valence-electron chi connectivity index (χ1n) is 9.17. The lowest BCUT2D eigenvalue weighted by Gasteiger charge is -2.32. The van der Waals surface area contributed by atoms with E-state index in [0.717, 1.165) is 23.0 Å². The van der Waals surface area contributed by atoms with Gasteiger partial charge < -0.3 is 10.1 Å². The van der Waals surface area contributed by atoms with E-state index in [1.54, 1.807) is 0 Å². The van der Waals surface area contributed by atoms with Gasteiger partial charge in [-0.3, -0.25) is 0 Å². The van der Waals surface area contributed by atoms with Gasteiger partial charge in [-0.15, -0.1) is 0 Å². The predicted octanol–water partition coefficient (Wildman–Crippen LogP) is 5.50. The van der Waals surface area contributed by atoms with Crippen molar-refractivity contribution in [1.29, 1.82) is 0 Å². The van der Waals surface area contributed by atoms with Crippen molar-refractivity contribution in [3.8, 4) is 0 Å². The molecule has 146 valence electrons. The highest BCUT2D eigenvalue weighted by Crippen LogP contribution is 2.33. The molecule has 26 heavy (non-hydrogen) atoms. The average molecular weight is 397 g/mol. The fourth-order valence-electron chi connectivity index (χ4n) is 2.99. The van der Waals surface area contributed by atoms with Crippen LogP contribution in [0.1, 0.15) is 47.0 Å². The summed E-state index contributed by atoms with van der Waals surface area (Å²) in [4.78, 5) is 11.5. The van der Waals surface area contributed by atoms with Crippen molar-refractivity contribution in [2.45, 2.75) is 63.4 Å². The van der Waals surface area contributed by atoms with Crippen LogP contribution in [0.5, 0.6) is 0 Å². The number of benzene rings is 1. The van der Waals surface area contributed by atoms with Gasteiger partial charge in [0.25, 0.3) is 0 Å². The highest BCUT2D eigenvalue weighted by atomic mass is 35.5. The summed E-state index contributed by atoms with van der Waals surface area (Å²) >= 11 is 7.31. The topological polar surface area (TPSA) is 41.1 Å². The van der Waals surface area contributed by atoms with Gasteiger partial charge in [-0.1, -0.05) is 42.8 Å². The Balaban J connectivity index is 0.000000263. The summed E-state index contributed by atoms with van der Waals surface area (Å²) in [6.07, 6.45) is 4.71. The molecular formula is C21H33ClN2OS. The quantitative estimate of drug-likeness (QED) is 0.378. The second-order valence-electron chi connectivity index (χ2n) is 7.81. The molecule has 0 heterocycles. The molecule has 0 bridgehead atoms. The van der Waals surface area contributed by atoms with E-state index in [9.17, 15) is 4.79 Å². The van der Waals surface area contributed by atoms with Crippen LogP contribution in [0.2, 0.25) is 5.02 Å². The number of carbonyl (C=O) groups excluding carboxylic acids is 1. The Bertz CT molecular complexity index is 591. The van der Waals surface area contributed by atoms with Crippen molar-refractivity contribution in [2.75, 3.05) is 7.05 Å². The van der Waals surface area contributed by atoms with E-state index in [2.05, 4.69) is 30.5 Å². The van der Waals surface area contributed by atoms with E-state index in [-0.39, 0.29) is 0 Å². The second kappa shape index (κ2) is 11.1. The number of aldehydes is 1. The minimum absolute atomic E-state index is 0.538. The van der Waals surface area contributed by atoms with Gasteiger partial charge in [-0.2, -0.15) is 0 Å². The smallest absolute Gasteiger partial charge is 0.140 e. The van der Waals surface area contributed by atoms with E-state index in [1.807, 2.05) is 45.2 Å². The molecule has 2 N–H and O–H groups in total. The summed E-state index contributed by atoms with van der Waals surface area (Å²) in [6, 6.07) is 8.14. The fourth-order valence-corrected chi connectivity index (χ4v) is 3.97. The summed E-state index contributed by atoms with van der Waals surface area (Å²) in [7, 11) is 2.05. The molecule has 0 amide bonds. The molecule has 0 saturated heterocycles. The van der Waals surface area contributed by atoms with Gasteiger partial charge in [0.15, 0.2) is 0 Å². The third kappa shape index (κ3) is 8.26. The number of hydrogen-bond acceptors (Lipinski definition) is 4.